The van der Waals surface area contributed by atoms with Crippen molar-refractivity contribution >= 4 is 29.1 Å². The van der Waals surface area contributed by atoms with Crippen LogP contribution in [0.3, 0.4) is 0 Å². The van der Waals surface area contributed by atoms with Crippen molar-refractivity contribution < 1.29 is 9.53 Å². The Hall–Kier alpha value is -1.56. The summed E-state index contributed by atoms with van der Waals surface area (Å²) in [6.45, 7) is 3.76. The minimum atomic E-state index is -0.193. The number of hydrogen-bond acceptors (Lipinski definition) is 3. The highest BCUT2D eigenvalue weighted by Crippen LogP contribution is 2.29. The van der Waals surface area contributed by atoms with Crippen molar-refractivity contribution in [2.75, 3.05) is 19.7 Å². The maximum absolute atomic E-state index is 12.4. The quantitative estimate of drug-likeness (QED) is 0.851. The van der Waals surface area contributed by atoms with Gasteiger partial charge in [-0.25, -0.2) is 0 Å². The van der Waals surface area contributed by atoms with E-state index in [0.717, 1.165) is 11.1 Å². The summed E-state index contributed by atoms with van der Waals surface area (Å²) in [4.78, 5) is 14.2. The Bertz CT molecular complexity index is 717. The fourth-order valence-electron chi connectivity index (χ4n) is 2.58. The van der Waals surface area contributed by atoms with Crippen LogP contribution in [0.25, 0.3) is 0 Å². The topological polar surface area (TPSA) is 47.4 Å². The summed E-state index contributed by atoms with van der Waals surface area (Å²) in [5, 5.41) is 5.15. The molecule has 122 valence electrons. The Morgan fingerprint density at radius 3 is 2.91 bits per heavy atom. The maximum Gasteiger partial charge on any atom is 0.244 e. The van der Waals surface area contributed by atoms with E-state index >= 15 is 0 Å². The van der Waals surface area contributed by atoms with Crippen LogP contribution in [-0.4, -0.2) is 40.3 Å². The van der Waals surface area contributed by atoms with Crippen molar-refractivity contribution in [2.24, 2.45) is 0 Å². The van der Waals surface area contributed by atoms with E-state index in [1.807, 2.05) is 19.2 Å². The standard InChI is InChI=1S/C16H17Cl2N3O2/c1-11-7-19-21(8-11)10-16(22)20-4-5-23-15(9-20)12-2-3-13(17)14(18)6-12/h2-3,6-8,15H,4-5,9-10H2,1H3/t15-/m1/s1. The zero-order valence-corrected chi connectivity index (χ0v) is 14.2. The van der Waals surface area contributed by atoms with Crippen LogP contribution < -0.4 is 0 Å². The predicted octanol–water partition coefficient (Wildman–Crippen LogP) is 3.10. The van der Waals surface area contributed by atoms with E-state index in [1.165, 1.54) is 0 Å². The molecule has 5 nitrogen and oxygen atoms in total. The first kappa shape index (κ1) is 16.3. The van der Waals surface area contributed by atoms with Gasteiger partial charge in [-0.1, -0.05) is 29.3 Å². The van der Waals surface area contributed by atoms with Crippen molar-refractivity contribution in [3.8, 4) is 0 Å². The highest BCUT2D eigenvalue weighted by atomic mass is 35.5. The average Bonchev–Trinajstić information content (AvgIpc) is 2.95. The summed E-state index contributed by atoms with van der Waals surface area (Å²) >= 11 is 12.0. The Balaban J connectivity index is 1.67. The lowest BCUT2D eigenvalue weighted by Gasteiger charge is -2.33. The maximum atomic E-state index is 12.4. The van der Waals surface area contributed by atoms with E-state index in [0.29, 0.717) is 29.7 Å². The molecule has 23 heavy (non-hydrogen) atoms. The molecule has 7 heteroatoms. The number of hydrogen-bond donors (Lipinski definition) is 0. The van der Waals surface area contributed by atoms with Gasteiger partial charge in [0.05, 0.1) is 29.4 Å². The first-order valence-electron chi connectivity index (χ1n) is 7.36. The molecule has 1 fully saturated rings. The summed E-state index contributed by atoms with van der Waals surface area (Å²) in [6, 6.07) is 5.42. The molecule has 0 N–H and O–H groups in total. The molecule has 0 aliphatic carbocycles. The van der Waals surface area contributed by atoms with Gasteiger partial charge in [-0.05, 0) is 30.2 Å². The van der Waals surface area contributed by atoms with Crippen LogP contribution in [0.4, 0.5) is 0 Å². The van der Waals surface area contributed by atoms with Gasteiger partial charge in [-0.2, -0.15) is 5.10 Å². The lowest BCUT2D eigenvalue weighted by Crippen LogP contribution is -2.43. The number of nitrogens with zero attached hydrogens (tertiary/aromatic N) is 3. The van der Waals surface area contributed by atoms with Gasteiger partial charge in [0, 0.05) is 12.7 Å². The number of rotatable bonds is 3. The Morgan fingerprint density at radius 1 is 1.39 bits per heavy atom. The number of carbonyl (C=O) groups is 1. The fourth-order valence-corrected chi connectivity index (χ4v) is 2.89. The lowest BCUT2D eigenvalue weighted by molar-refractivity contribution is -0.139. The van der Waals surface area contributed by atoms with Crippen molar-refractivity contribution in [3.63, 3.8) is 0 Å². The second-order valence-corrected chi connectivity index (χ2v) is 6.40. The minimum absolute atomic E-state index is 0.0291. The zero-order chi connectivity index (χ0) is 16.4. The van der Waals surface area contributed by atoms with Gasteiger partial charge in [-0.15, -0.1) is 0 Å². The van der Waals surface area contributed by atoms with Crippen molar-refractivity contribution in [1.82, 2.24) is 14.7 Å². The number of halogens is 2. The number of benzene rings is 1. The predicted molar refractivity (Wildman–Crippen MR) is 88.7 cm³/mol. The molecule has 1 amide bonds. The molecule has 1 saturated heterocycles. The Labute approximate surface area is 144 Å². The summed E-state index contributed by atoms with van der Waals surface area (Å²) < 4.78 is 7.43. The van der Waals surface area contributed by atoms with Crippen LogP contribution in [0.1, 0.15) is 17.2 Å². The molecular weight excluding hydrogens is 337 g/mol. The number of carbonyl (C=O) groups excluding carboxylic acids is 1. The molecule has 0 radical (unpaired) electrons. The third-order valence-electron chi connectivity index (χ3n) is 3.79. The molecule has 1 aliphatic rings. The third kappa shape index (κ3) is 3.86. The summed E-state index contributed by atoms with van der Waals surface area (Å²) in [5.74, 6) is 0.0291. The van der Waals surface area contributed by atoms with E-state index in [9.17, 15) is 4.79 Å². The second-order valence-electron chi connectivity index (χ2n) is 5.59. The van der Waals surface area contributed by atoms with Crippen LogP contribution in [0.5, 0.6) is 0 Å². The lowest BCUT2D eigenvalue weighted by atomic mass is 10.1. The number of aryl methyl sites for hydroxylation is 1. The molecule has 0 spiro atoms. The largest absolute Gasteiger partial charge is 0.370 e. The molecule has 0 bridgehead atoms. The first-order valence-corrected chi connectivity index (χ1v) is 8.12. The van der Waals surface area contributed by atoms with Gasteiger partial charge in [0.25, 0.3) is 0 Å². The van der Waals surface area contributed by atoms with Gasteiger partial charge in [-0.3, -0.25) is 9.48 Å². The molecule has 0 saturated carbocycles. The average molecular weight is 354 g/mol. The molecule has 2 aromatic rings. The molecular formula is C16H17Cl2N3O2. The molecule has 1 aliphatic heterocycles. The van der Waals surface area contributed by atoms with Crippen LogP contribution >= 0.6 is 23.2 Å². The number of morpholine rings is 1. The normalized spacial score (nSPS) is 18.2. The third-order valence-corrected chi connectivity index (χ3v) is 4.53. The highest BCUT2D eigenvalue weighted by Gasteiger charge is 2.26. The van der Waals surface area contributed by atoms with Gasteiger partial charge in [0.15, 0.2) is 0 Å². The molecule has 1 atom stereocenters. The van der Waals surface area contributed by atoms with Crippen LogP contribution in [0, 0.1) is 6.92 Å². The van der Waals surface area contributed by atoms with E-state index in [1.54, 1.807) is 27.9 Å². The number of aromatic nitrogens is 2. The Morgan fingerprint density at radius 2 is 2.22 bits per heavy atom. The SMILES string of the molecule is Cc1cnn(CC(=O)N2CCO[C@@H](c3ccc(Cl)c(Cl)c3)C2)c1. The monoisotopic (exact) mass is 353 g/mol. The molecule has 2 heterocycles. The molecule has 3 rings (SSSR count). The minimum Gasteiger partial charge on any atom is -0.370 e. The first-order chi connectivity index (χ1) is 11.0. The van der Waals surface area contributed by atoms with E-state index in [2.05, 4.69) is 5.10 Å². The molecule has 1 aromatic carbocycles. The van der Waals surface area contributed by atoms with E-state index < -0.39 is 0 Å². The van der Waals surface area contributed by atoms with Gasteiger partial charge < -0.3 is 9.64 Å². The van der Waals surface area contributed by atoms with E-state index in [-0.39, 0.29) is 18.6 Å². The van der Waals surface area contributed by atoms with Gasteiger partial charge >= 0.3 is 0 Å². The number of amides is 1. The van der Waals surface area contributed by atoms with Crippen molar-refractivity contribution in [3.05, 3.63) is 51.8 Å². The second kappa shape index (κ2) is 6.91. The van der Waals surface area contributed by atoms with Crippen LogP contribution in [-0.2, 0) is 16.1 Å². The number of ether oxygens (including phenoxy) is 1. The highest BCUT2D eigenvalue weighted by molar-refractivity contribution is 6.42. The summed E-state index contributed by atoms with van der Waals surface area (Å²) in [7, 11) is 0. The van der Waals surface area contributed by atoms with Gasteiger partial charge in [0.1, 0.15) is 12.6 Å². The fraction of sp³-hybridized carbons (Fsp3) is 0.375. The van der Waals surface area contributed by atoms with Crippen LogP contribution in [0.15, 0.2) is 30.6 Å². The Kier molecular flexibility index (Phi) is 4.90. The van der Waals surface area contributed by atoms with Crippen molar-refractivity contribution in [2.45, 2.75) is 19.6 Å². The summed E-state index contributed by atoms with van der Waals surface area (Å²) in [6.07, 6.45) is 3.40. The van der Waals surface area contributed by atoms with Crippen LogP contribution in [0.2, 0.25) is 10.0 Å². The zero-order valence-electron chi connectivity index (χ0n) is 12.7. The summed E-state index contributed by atoms with van der Waals surface area (Å²) in [5.41, 5.74) is 1.96. The van der Waals surface area contributed by atoms with Crippen molar-refractivity contribution in [1.29, 1.82) is 0 Å². The molecule has 0 unspecified atom stereocenters. The smallest absolute Gasteiger partial charge is 0.244 e. The molecule has 1 aromatic heterocycles. The van der Waals surface area contributed by atoms with E-state index in [4.69, 9.17) is 27.9 Å². The van der Waals surface area contributed by atoms with Gasteiger partial charge in [0.2, 0.25) is 5.91 Å².